The molecule has 2 rings (SSSR count). The van der Waals surface area contributed by atoms with Gasteiger partial charge in [0.1, 0.15) is 5.82 Å². The fraction of sp³-hybridized carbons (Fsp3) is 0.667. The van der Waals surface area contributed by atoms with Crippen LogP contribution in [0.4, 0.5) is 4.39 Å². The molecule has 1 aromatic rings. The van der Waals surface area contributed by atoms with Crippen LogP contribution < -0.4 is 5.32 Å². The van der Waals surface area contributed by atoms with E-state index in [1.807, 2.05) is 12.1 Å². The molecule has 1 N–H and O–H groups in total. The smallest absolute Gasteiger partial charge is 0.127 e. The van der Waals surface area contributed by atoms with Gasteiger partial charge in [-0.05, 0) is 25.3 Å². The average molecular weight is 292 g/mol. The van der Waals surface area contributed by atoms with Crippen molar-refractivity contribution in [1.29, 1.82) is 0 Å². The Kier molecular flexibility index (Phi) is 5.77. The number of piperazine rings is 1. The molecule has 1 saturated heterocycles. The third kappa shape index (κ3) is 3.83. The van der Waals surface area contributed by atoms with Crippen LogP contribution in [0.5, 0.6) is 0 Å². The lowest BCUT2D eigenvalue weighted by Gasteiger charge is -2.45. The van der Waals surface area contributed by atoms with Crippen molar-refractivity contribution in [3.63, 3.8) is 0 Å². The minimum Gasteiger partial charge on any atom is -0.311 e. The second-order valence-electron chi connectivity index (χ2n) is 6.60. The first-order valence-electron chi connectivity index (χ1n) is 8.28. The molecule has 0 saturated carbocycles. The molecule has 0 bridgehead atoms. The van der Waals surface area contributed by atoms with Crippen LogP contribution in [0.1, 0.15) is 52.1 Å². The molecule has 1 aliphatic heterocycles. The molecule has 118 valence electrons. The van der Waals surface area contributed by atoms with E-state index in [0.717, 1.165) is 18.7 Å². The molecule has 0 spiro atoms. The third-order valence-electron chi connectivity index (χ3n) is 4.73. The van der Waals surface area contributed by atoms with Crippen LogP contribution in [-0.2, 0) is 0 Å². The molecule has 1 aliphatic rings. The number of rotatable bonds is 5. The predicted octanol–water partition coefficient (Wildman–Crippen LogP) is 3.99. The average Bonchev–Trinajstić information content (AvgIpc) is 2.47. The van der Waals surface area contributed by atoms with Gasteiger partial charge in [-0.25, -0.2) is 4.39 Å². The number of benzene rings is 1. The number of hydrogen-bond acceptors (Lipinski definition) is 2. The lowest BCUT2D eigenvalue weighted by atomic mass is 9.93. The van der Waals surface area contributed by atoms with Crippen molar-refractivity contribution in [2.45, 2.75) is 58.7 Å². The van der Waals surface area contributed by atoms with Crippen LogP contribution >= 0.6 is 0 Å². The van der Waals surface area contributed by atoms with Gasteiger partial charge in [0.05, 0.1) is 0 Å². The van der Waals surface area contributed by atoms with Crippen LogP contribution in [0.15, 0.2) is 24.3 Å². The Bertz CT molecular complexity index is 447. The summed E-state index contributed by atoms with van der Waals surface area (Å²) in [6.45, 7) is 10.9. The molecule has 3 atom stereocenters. The third-order valence-corrected chi connectivity index (χ3v) is 4.73. The molecule has 21 heavy (non-hydrogen) atoms. The molecule has 3 heteroatoms. The zero-order valence-electron chi connectivity index (χ0n) is 13.8. The van der Waals surface area contributed by atoms with Crippen molar-refractivity contribution in [1.82, 2.24) is 10.2 Å². The molecule has 3 unspecified atom stereocenters. The molecular weight excluding hydrogens is 263 g/mol. The molecule has 2 nitrogen and oxygen atoms in total. The van der Waals surface area contributed by atoms with Gasteiger partial charge in [0.25, 0.3) is 0 Å². The highest BCUT2D eigenvalue weighted by Crippen LogP contribution is 2.29. The molecule has 0 aliphatic carbocycles. The van der Waals surface area contributed by atoms with Crippen molar-refractivity contribution in [2.75, 3.05) is 13.1 Å². The molecule has 1 aromatic carbocycles. The lowest BCUT2D eigenvalue weighted by molar-refractivity contribution is 0.0584. The van der Waals surface area contributed by atoms with Gasteiger partial charge < -0.3 is 5.32 Å². The maximum atomic E-state index is 14.1. The minimum atomic E-state index is -0.0851. The van der Waals surface area contributed by atoms with E-state index in [-0.39, 0.29) is 11.9 Å². The van der Waals surface area contributed by atoms with E-state index in [4.69, 9.17) is 0 Å². The summed E-state index contributed by atoms with van der Waals surface area (Å²) in [5, 5.41) is 3.67. The van der Waals surface area contributed by atoms with Crippen molar-refractivity contribution in [2.24, 2.45) is 5.92 Å². The van der Waals surface area contributed by atoms with Gasteiger partial charge in [-0.1, -0.05) is 45.4 Å². The molecule has 0 aromatic heterocycles. The SMILES string of the molecule is CCCC1CN(C(C)c2ccccc2F)C(C(C)C)CN1. The summed E-state index contributed by atoms with van der Waals surface area (Å²) >= 11 is 0. The quantitative estimate of drug-likeness (QED) is 0.883. The van der Waals surface area contributed by atoms with Crippen LogP contribution in [0, 0.1) is 11.7 Å². The molecule has 1 heterocycles. The van der Waals surface area contributed by atoms with E-state index in [1.165, 1.54) is 12.8 Å². The summed E-state index contributed by atoms with van der Waals surface area (Å²) in [5.41, 5.74) is 0.820. The minimum absolute atomic E-state index is 0.0851. The topological polar surface area (TPSA) is 15.3 Å². The fourth-order valence-corrected chi connectivity index (χ4v) is 3.46. The summed E-state index contributed by atoms with van der Waals surface area (Å²) in [5.74, 6) is 0.479. The van der Waals surface area contributed by atoms with Gasteiger partial charge in [0.2, 0.25) is 0 Å². The van der Waals surface area contributed by atoms with E-state index < -0.39 is 0 Å². The van der Waals surface area contributed by atoms with E-state index in [1.54, 1.807) is 12.1 Å². The Morgan fingerprint density at radius 3 is 2.62 bits per heavy atom. The normalized spacial score (nSPS) is 25.2. The van der Waals surface area contributed by atoms with E-state index in [9.17, 15) is 4.39 Å². The molecule has 1 fully saturated rings. The summed E-state index contributed by atoms with van der Waals surface area (Å²) < 4.78 is 14.1. The van der Waals surface area contributed by atoms with Crippen molar-refractivity contribution < 1.29 is 4.39 Å². The van der Waals surface area contributed by atoms with Gasteiger partial charge in [-0.15, -0.1) is 0 Å². The van der Waals surface area contributed by atoms with Crippen molar-refractivity contribution in [3.05, 3.63) is 35.6 Å². The highest BCUT2D eigenvalue weighted by atomic mass is 19.1. The Morgan fingerprint density at radius 2 is 2.00 bits per heavy atom. The van der Waals surface area contributed by atoms with Gasteiger partial charge in [0.15, 0.2) is 0 Å². The zero-order valence-corrected chi connectivity index (χ0v) is 13.8. The zero-order chi connectivity index (χ0) is 15.4. The maximum absolute atomic E-state index is 14.1. The maximum Gasteiger partial charge on any atom is 0.127 e. The van der Waals surface area contributed by atoms with Gasteiger partial charge in [-0.3, -0.25) is 4.90 Å². The largest absolute Gasteiger partial charge is 0.311 e. The van der Waals surface area contributed by atoms with Crippen molar-refractivity contribution in [3.8, 4) is 0 Å². The van der Waals surface area contributed by atoms with Crippen LogP contribution in [0.2, 0.25) is 0 Å². The molecule has 0 radical (unpaired) electrons. The Morgan fingerprint density at radius 1 is 1.29 bits per heavy atom. The first-order valence-corrected chi connectivity index (χ1v) is 8.28. The van der Waals surface area contributed by atoms with Gasteiger partial charge >= 0.3 is 0 Å². The first-order chi connectivity index (χ1) is 10.0. The standard InChI is InChI=1S/C18H29FN2/c1-5-8-15-12-21(18(11-20-15)13(2)3)14(4)16-9-6-7-10-17(16)19/h6-7,9-10,13-15,18,20H,5,8,11-12H2,1-4H3. The van der Waals surface area contributed by atoms with Crippen LogP contribution in [0.25, 0.3) is 0 Å². The first kappa shape index (κ1) is 16.4. The predicted molar refractivity (Wildman–Crippen MR) is 86.8 cm³/mol. The number of nitrogens with zero attached hydrogens (tertiary/aromatic N) is 1. The highest BCUT2D eigenvalue weighted by Gasteiger charge is 2.33. The number of halogens is 1. The summed E-state index contributed by atoms with van der Waals surface area (Å²) in [4.78, 5) is 2.50. The summed E-state index contributed by atoms with van der Waals surface area (Å²) in [6, 6.07) is 8.32. The van der Waals surface area contributed by atoms with Crippen LogP contribution in [-0.4, -0.2) is 30.1 Å². The Balaban J connectivity index is 2.20. The number of nitrogens with one attached hydrogen (secondary N) is 1. The Labute approximate surface area is 128 Å². The second-order valence-corrected chi connectivity index (χ2v) is 6.60. The second kappa shape index (κ2) is 7.37. The van der Waals surface area contributed by atoms with E-state index in [0.29, 0.717) is 18.0 Å². The number of hydrogen-bond donors (Lipinski definition) is 1. The summed E-state index contributed by atoms with van der Waals surface area (Å²) in [6.07, 6.45) is 2.37. The van der Waals surface area contributed by atoms with E-state index in [2.05, 4.69) is 37.9 Å². The highest BCUT2D eigenvalue weighted by molar-refractivity contribution is 5.21. The monoisotopic (exact) mass is 292 g/mol. The van der Waals surface area contributed by atoms with Gasteiger partial charge in [0, 0.05) is 36.8 Å². The lowest BCUT2D eigenvalue weighted by Crippen LogP contribution is -2.58. The van der Waals surface area contributed by atoms with Gasteiger partial charge in [-0.2, -0.15) is 0 Å². The molecule has 0 amide bonds. The summed E-state index contributed by atoms with van der Waals surface area (Å²) in [7, 11) is 0. The van der Waals surface area contributed by atoms with Crippen LogP contribution in [0.3, 0.4) is 0 Å². The fourth-order valence-electron chi connectivity index (χ4n) is 3.46. The van der Waals surface area contributed by atoms with Crippen molar-refractivity contribution >= 4 is 0 Å². The molecular formula is C18H29FN2. The Hall–Kier alpha value is -0.930. The van der Waals surface area contributed by atoms with E-state index >= 15 is 0 Å².